The minimum absolute atomic E-state index is 0.128. The van der Waals surface area contributed by atoms with Gasteiger partial charge < -0.3 is 4.74 Å². The number of carbonyl (C=O) groups is 2. The van der Waals surface area contributed by atoms with Crippen molar-refractivity contribution in [1.82, 2.24) is 0 Å². The van der Waals surface area contributed by atoms with Crippen LogP contribution in [0.25, 0.3) is 0 Å². The summed E-state index contributed by atoms with van der Waals surface area (Å²) in [6.07, 6.45) is 10.8. The van der Waals surface area contributed by atoms with Crippen molar-refractivity contribution in [2.45, 2.75) is 51.4 Å². The van der Waals surface area contributed by atoms with Crippen molar-refractivity contribution in [2.24, 2.45) is 0 Å². The van der Waals surface area contributed by atoms with Gasteiger partial charge in [-0.05, 0) is 31.4 Å². The molecule has 0 N–H and O–H groups in total. The van der Waals surface area contributed by atoms with Crippen molar-refractivity contribution in [2.75, 3.05) is 7.11 Å². The maximum atomic E-state index is 13.7. The molecule has 4 heteroatoms. The van der Waals surface area contributed by atoms with Crippen molar-refractivity contribution >= 4 is 11.8 Å². The first-order valence-electron chi connectivity index (χ1n) is 8.82. The molecule has 0 heterocycles. The van der Waals surface area contributed by atoms with Gasteiger partial charge in [0.25, 0.3) is 0 Å². The molecule has 0 aliphatic carbocycles. The maximum Gasteiger partial charge on any atom is 0.305 e. The molecule has 136 valence electrons. The van der Waals surface area contributed by atoms with Crippen LogP contribution < -0.4 is 0 Å². The lowest BCUT2D eigenvalue weighted by Gasteiger charge is -2.01. The standard InChI is InChI=1S/C21H27FO3/c1-25-21(24)17-10-5-3-2-4-9-14-19(22)15-11-16-20(23)18-12-7-6-8-13-18/h6-8,11-13,15-16H,2-5,9-10,14,17H2,1H3/b16-11+,19-15+. The Balaban J connectivity index is 2.10. The van der Waals surface area contributed by atoms with E-state index in [2.05, 4.69) is 4.74 Å². The summed E-state index contributed by atoms with van der Waals surface area (Å²) in [5, 5.41) is 0. The summed E-state index contributed by atoms with van der Waals surface area (Å²) < 4.78 is 18.2. The van der Waals surface area contributed by atoms with Crippen molar-refractivity contribution in [3.05, 3.63) is 60.0 Å². The third-order valence-electron chi connectivity index (χ3n) is 3.86. The van der Waals surface area contributed by atoms with Crippen LogP contribution in [0.3, 0.4) is 0 Å². The van der Waals surface area contributed by atoms with Crippen molar-refractivity contribution < 1.29 is 18.7 Å². The smallest absolute Gasteiger partial charge is 0.305 e. The van der Waals surface area contributed by atoms with Gasteiger partial charge in [0, 0.05) is 12.0 Å². The van der Waals surface area contributed by atoms with E-state index >= 15 is 0 Å². The van der Waals surface area contributed by atoms with Crippen LogP contribution in [-0.4, -0.2) is 18.9 Å². The topological polar surface area (TPSA) is 43.4 Å². The predicted octanol–water partition coefficient (Wildman–Crippen LogP) is 5.57. The Morgan fingerprint density at radius 2 is 1.56 bits per heavy atom. The lowest BCUT2D eigenvalue weighted by Crippen LogP contribution is -1.99. The van der Waals surface area contributed by atoms with Crippen molar-refractivity contribution in [3.8, 4) is 0 Å². The first kappa shape index (κ1) is 20.8. The average Bonchev–Trinajstić information content (AvgIpc) is 2.64. The van der Waals surface area contributed by atoms with Crippen LogP contribution in [0.4, 0.5) is 4.39 Å². The molecule has 0 atom stereocenters. The number of ether oxygens (including phenoxy) is 1. The molecular weight excluding hydrogens is 319 g/mol. The molecule has 25 heavy (non-hydrogen) atoms. The second-order valence-electron chi connectivity index (χ2n) is 5.90. The van der Waals surface area contributed by atoms with E-state index in [9.17, 15) is 14.0 Å². The van der Waals surface area contributed by atoms with Gasteiger partial charge in [0.15, 0.2) is 5.78 Å². The number of methoxy groups -OCH3 is 1. The first-order valence-corrected chi connectivity index (χ1v) is 8.82. The predicted molar refractivity (Wildman–Crippen MR) is 98.1 cm³/mol. The summed E-state index contributed by atoms with van der Waals surface area (Å²) in [6.45, 7) is 0. The zero-order valence-corrected chi connectivity index (χ0v) is 14.9. The van der Waals surface area contributed by atoms with E-state index in [1.165, 1.54) is 25.3 Å². The molecule has 1 aromatic rings. The molecule has 0 aromatic heterocycles. The SMILES string of the molecule is COC(=O)CCCCCCCC/C(F)=C\C=C\C(=O)c1ccccc1. The van der Waals surface area contributed by atoms with E-state index in [0.29, 0.717) is 18.4 Å². The number of unbranched alkanes of at least 4 members (excludes halogenated alkanes) is 5. The van der Waals surface area contributed by atoms with Gasteiger partial charge in [0.05, 0.1) is 12.9 Å². The largest absolute Gasteiger partial charge is 0.469 e. The Kier molecular flexibility index (Phi) is 10.9. The van der Waals surface area contributed by atoms with Gasteiger partial charge in [-0.3, -0.25) is 9.59 Å². The highest BCUT2D eigenvalue weighted by molar-refractivity contribution is 6.04. The van der Waals surface area contributed by atoms with E-state index in [-0.39, 0.29) is 17.6 Å². The Hall–Kier alpha value is -2.23. The number of carbonyl (C=O) groups excluding carboxylic acids is 2. The quantitative estimate of drug-likeness (QED) is 0.163. The fraction of sp³-hybridized carbons (Fsp3) is 0.429. The molecular formula is C21H27FO3. The highest BCUT2D eigenvalue weighted by atomic mass is 19.1. The van der Waals surface area contributed by atoms with Gasteiger partial charge in [-0.1, -0.05) is 62.1 Å². The van der Waals surface area contributed by atoms with Crippen LogP contribution in [-0.2, 0) is 9.53 Å². The highest BCUT2D eigenvalue weighted by Gasteiger charge is 2.00. The van der Waals surface area contributed by atoms with E-state index in [1.54, 1.807) is 24.3 Å². The van der Waals surface area contributed by atoms with Crippen LogP contribution in [0.5, 0.6) is 0 Å². The van der Waals surface area contributed by atoms with Gasteiger partial charge in [0.2, 0.25) is 0 Å². The molecule has 1 aromatic carbocycles. The van der Waals surface area contributed by atoms with Crippen LogP contribution in [0.2, 0.25) is 0 Å². The zero-order chi connectivity index (χ0) is 18.3. The van der Waals surface area contributed by atoms with Gasteiger partial charge in [-0.25, -0.2) is 4.39 Å². The molecule has 3 nitrogen and oxygen atoms in total. The second-order valence-corrected chi connectivity index (χ2v) is 5.90. The van der Waals surface area contributed by atoms with E-state index in [0.717, 1.165) is 38.5 Å². The minimum atomic E-state index is -0.206. The molecule has 0 saturated carbocycles. The summed E-state index contributed by atoms with van der Waals surface area (Å²) in [5.41, 5.74) is 0.597. The summed E-state index contributed by atoms with van der Waals surface area (Å²) in [7, 11) is 1.40. The van der Waals surface area contributed by atoms with Crippen LogP contribution in [0.1, 0.15) is 61.7 Å². The van der Waals surface area contributed by atoms with E-state index < -0.39 is 0 Å². The van der Waals surface area contributed by atoms with Gasteiger partial charge in [0.1, 0.15) is 0 Å². The Morgan fingerprint density at radius 1 is 0.960 bits per heavy atom. The molecule has 0 saturated heterocycles. The number of ketones is 1. The number of benzene rings is 1. The highest BCUT2D eigenvalue weighted by Crippen LogP contribution is 2.13. The number of esters is 1. The molecule has 1 rings (SSSR count). The number of hydrogen-bond acceptors (Lipinski definition) is 3. The number of hydrogen-bond donors (Lipinski definition) is 0. The monoisotopic (exact) mass is 346 g/mol. The Morgan fingerprint density at radius 3 is 2.20 bits per heavy atom. The van der Waals surface area contributed by atoms with Crippen LogP contribution >= 0.6 is 0 Å². The fourth-order valence-corrected chi connectivity index (χ4v) is 2.39. The maximum absolute atomic E-state index is 13.7. The lowest BCUT2D eigenvalue weighted by atomic mass is 10.1. The molecule has 0 unspecified atom stereocenters. The molecule has 0 aliphatic rings. The third kappa shape index (κ3) is 10.3. The zero-order valence-electron chi connectivity index (χ0n) is 14.9. The molecule has 0 bridgehead atoms. The van der Waals surface area contributed by atoms with E-state index in [1.807, 2.05) is 6.07 Å². The van der Waals surface area contributed by atoms with Crippen LogP contribution in [0.15, 0.2) is 54.4 Å². The van der Waals surface area contributed by atoms with Crippen molar-refractivity contribution in [3.63, 3.8) is 0 Å². The average molecular weight is 346 g/mol. The van der Waals surface area contributed by atoms with Crippen molar-refractivity contribution in [1.29, 1.82) is 0 Å². The summed E-state index contributed by atoms with van der Waals surface area (Å²) in [6, 6.07) is 8.91. The number of allylic oxidation sites excluding steroid dienone is 4. The van der Waals surface area contributed by atoms with Gasteiger partial charge in [-0.15, -0.1) is 0 Å². The number of rotatable bonds is 12. The molecule has 0 fully saturated rings. The van der Waals surface area contributed by atoms with E-state index in [4.69, 9.17) is 0 Å². The normalized spacial score (nSPS) is 11.7. The van der Waals surface area contributed by atoms with Crippen LogP contribution in [0, 0.1) is 0 Å². The summed E-state index contributed by atoms with van der Waals surface area (Å²) in [5.74, 6) is -0.495. The fourth-order valence-electron chi connectivity index (χ4n) is 2.39. The minimum Gasteiger partial charge on any atom is -0.469 e. The first-order chi connectivity index (χ1) is 12.1. The van der Waals surface area contributed by atoms with Gasteiger partial charge >= 0.3 is 5.97 Å². The lowest BCUT2D eigenvalue weighted by molar-refractivity contribution is -0.140. The molecule has 0 radical (unpaired) electrons. The Labute approximate surface area is 149 Å². The third-order valence-corrected chi connectivity index (χ3v) is 3.86. The molecule has 0 spiro atoms. The second kappa shape index (κ2) is 13.1. The molecule has 0 amide bonds. The molecule has 0 aliphatic heterocycles. The van der Waals surface area contributed by atoms with Gasteiger partial charge in [-0.2, -0.15) is 0 Å². The Bertz CT molecular complexity index is 576. The number of halogens is 1. The summed E-state index contributed by atoms with van der Waals surface area (Å²) in [4.78, 5) is 22.7. The summed E-state index contributed by atoms with van der Waals surface area (Å²) >= 11 is 0.